The fourth-order valence-electron chi connectivity index (χ4n) is 2.06. The molecule has 0 N–H and O–H groups in total. The van der Waals surface area contributed by atoms with Gasteiger partial charge in [-0.2, -0.15) is 5.26 Å². The first-order valence-electron chi connectivity index (χ1n) is 6.62. The second-order valence-corrected chi connectivity index (χ2v) is 5.67. The standard InChI is InChI=1S/C18H14BrNO2/c1-12-4-3-5-13(8-12)18(21)15(11-20)9-14-10-16(19)6-7-17(14)22-2/h3-10H,1-2H3/b15-9+. The number of nitrogens with zero attached hydrogens (tertiary/aromatic N) is 1. The lowest BCUT2D eigenvalue weighted by Crippen LogP contribution is -2.02. The molecule has 22 heavy (non-hydrogen) atoms. The maximum absolute atomic E-state index is 12.5. The van der Waals surface area contributed by atoms with E-state index in [1.165, 1.54) is 0 Å². The molecule has 0 aromatic heterocycles. The Morgan fingerprint density at radius 1 is 1.27 bits per heavy atom. The van der Waals surface area contributed by atoms with Crippen molar-refractivity contribution in [3.05, 3.63) is 69.2 Å². The highest BCUT2D eigenvalue weighted by Gasteiger charge is 2.13. The summed E-state index contributed by atoms with van der Waals surface area (Å²) < 4.78 is 6.11. The van der Waals surface area contributed by atoms with Gasteiger partial charge in [-0.3, -0.25) is 4.79 Å². The van der Waals surface area contributed by atoms with Crippen molar-refractivity contribution in [1.82, 2.24) is 0 Å². The van der Waals surface area contributed by atoms with Crippen LogP contribution in [0, 0.1) is 18.3 Å². The summed E-state index contributed by atoms with van der Waals surface area (Å²) in [7, 11) is 1.55. The average molecular weight is 356 g/mol. The second kappa shape index (κ2) is 7.06. The van der Waals surface area contributed by atoms with Crippen molar-refractivity contribution in [2.75, 3.05) is 7.11 Å². The molecule has 0 spiro atoms. The molecule has 0 aliphatic carbocycles. The van der Waals surface area contributed by atoms with Gasteiger partial charge in [0.25, 0.3) is 0 Å². The van der Waals surface area contributed by atoms with E-state index in [0.29, 0.717) is 16.9 Å². The zero-order valence-electron chi connectivity index (χ0n) is 12.3. The Labute approximate surface area is 138 Å². The third-order valence-corrected chi connectivity index (χ3v) is 3.63. The van der Waals surface area contributed by atoms with Crippen molar-refractivity contribution < 1.29 is 9.53 Å². The number of benzene rings is 2. The molecule has 0 radical (unpaired) electrons. The van der Waals surface area contributed by atoms with E-state index >= 15 is 0 Å². The number of allylic oxidation sites excluding steroid dienone is 1. The van der Waals surface area contributed by atoms with E-state index in [-0.39, 0.29) is 11.4 Å². The van der Waals surface area contributed by atoms with Crippen molar-refractivity contribution in [3.8, 4) is 11.8 Å². The van der Waals surface area contributed by atoms with Crippen LogP contribution in [0.25, 0.3) is 6.08 Å². The molecule has 0 atom stereocenters. The maximum Gasteiger partial charge on any atom is 0.203 e. The summed E-state index contributed by atoms with van der Waals surface area (Å²) in [5.74, 6) is 0.307. The predicted octanol–water partition coefficient (Wildman–Crippen LogP) is 4.56. The Hall–Kier alpha value is -2.38. The maximum atomic E-state index is 12.5. The van der Waals surface area contributed by atoms with Gasteiger partial charge in [0.05, 0.1) is 7.11 Å². The van der Waals surface area contributed by atoms with E-state index in [4.69, 9.17) is 4.74 Å². The van der Waals surface area contributed by atoms with Gasteiger partial charge in [-0.15, -0.1) is 0 Å². The zero-order valence-corrected chi connectivity index (χ0v) is 13.8. The molecule has 0 fully saturated rings. The van der Waals surface area contributed by atoms with Crippen LogP contribution in [0.5, 0.6) is 5.75 Å². The first-order valence-corrected chi connectivity index (χ1v) is 7.41. The molecule has 0 amide bonds. The summed E-state index contributed by atoms with van der Waals surface area (Å²) in [6, 6.07) is 14.6. The minimum atomic E-state index is -0.298. The number of rotatable bonds is 4. The highest BCUT2D eigenvalue weighted by atomic mass is 79.9. The number of ketones is 1. The molecule has 0 heterocycles. The molecule has 0 saturated heterocycles. The number of nitriles is 1. The highest BCUT2D eigenvalue weighted by Crippen LogP contribution is 2.26. The van der Waals surface area contributed by atoms with Crippen LogP contribution in [0.4, 0.5) is 0 Å². The molecular formula is C18H14BrNO2. The molecule has 0 aliphatic rings. The summed E-state index contributed by atoms with van der Waals surface area (Å²) in [5.41, 5.74) is 2.22. The van der Waals surface area contributed by atoms with Gasteiger partial charge in [0, 0.05) is 15.6 Å². The molecular weight excluding hydrogens is 342 g/mol. The van der Waals surface area contributed by atoms with Crippen LogP contribution < -0.4 is 4.74 Å². The van der Waals surface area contributed by atoms with E-state index in [9.17, 15) is 10.1 Å². The van der Waals surface area contributed by atoms with Crippen LogP contribution in [0.15, 0.2) is 52.5 Å². The molecule has 2 aromatic carbocycles. The van der Waals surface area contributed by atoms with Gasteiger partial charge in [0.15, 0.2) is 0 Å². The Balaban J connectivity index is 2.46. The van der Waals surface area contributed by atoms with Gasteiger partial charge in [0.2, 0.25) is 5.78 Å². The first kappa shape index (κ1) is 16.0. The van der Waals surface area contributed by atoms with Crippen LogP contribution in [-0.2, 0) is 0 Å². The van der Waals surface area contributed by atoms with E-state index in [0.717, 1.165) is 10.0 Å². The van der Waals surface area contributed by atoms with Gasteiger partial charge >= 0.3 is 0 Å². The number of aryl methyl sites for hydroxylation is 1. The summed E-state index contributed by atoms with van der Waals surface area (Å²) in [6.45, 7) is 1.91. The Bertz CT molecular complexity index is 788. The fourth-order valence-corrected chi connectivity index (χ4v) is 2.44. The quantitative estimate of drug-likeness (QED) is 0.459. The average Bonchev–Trinajstić information content (AvgIpc) is 2.52. The third-order valence-electron chi connectivity index (χ3n) is 3.14. The summed E-state index contributed by atoms with van der Waals surface area (Å²) in [6.07, 6.45) is 1.55. The molecule has 2 rings (SSSR count). The molecule has 0 unspecified atom stereocenters. The normalized spacial score (nSPS) is 10.9. The number of hydrogen-bond acceptors (Lipinski definition) is 3. The number of carbonyl (C=O) groups is 1. The molecule has 0 aliphatic heterocycles. The Kier molecular flexibility index (Phi) is 5.13. The zero-order chi connectivity index (χ0) is 16.1. The summed E-state index contributed by atoms with van der Waals surface area (Å²) in [5, 5.41) is 9.33. The van der Waals surface area contributed by atoms with Crippen LogP contribution >= 0.6 is 15.9 Å². The number of methoxy groups -OCH3 is 1. The predicted molar refractivity (Wildman–Crippen MR) is 89.8 cm³/mol. The molecule has 0 bridgehead atoms. The van der Waals surface area contributed by atoms with Crippen molar-refractivity contribution in [1.29, 1.82) is 5.26 Å². The second-order valence-electron chi connectivity index (χ2n) is 4.75. The molecule has 0 saturated carbocycles. The molecule has 4 heteroatoms. The molecule has 110 valence electrons. The van der Waals surface area contributed by atoms with Gasteiger partial charge < -0.3 is 4.74 Å². The summed E-state index contributed by atoms with van der Waals surface area (Å²) in [4.78, 5) is 12.5. The highest BCUT2D eigenvalue weighted by molar-refractivity contribution is 9.10. The van der Waals surface area contributed by atoms with Crippen molar-refractivity contribution in [2.45, 2.75) is 6.92 Å². The fraction of sp³-hybridized carbons (Fsp3) is 0.111. The van der Waals surface area contributed by atoms with E-state index < -0.39 is 0 Å². The van der Waals surface area contributed by atoms with Crippen molar-refractivity contribution in [2.24, 2.45) is 0 Å². The first-order chi connectivity index (χ1) is 10.5. The van der Waals surface area contributed by atoms with Gasteiger partial charge in [-0.1, -0.05) is 39.7 Å². The lowest BCUT2D eigenvalue weighted by molar-refractivity contribution is 0.104. The van der Waals surface area contributed by atoms with E-state index in [1.54, 1.807) is 43.5 Å². The number of halogens is 1. The van der Waals surface area contributed by atoms with Gasteiger partial charge in [-0.05, 0) is 37.3 Å². The number of carbonyl (C=O) groups excluding carboxylic acids is 1. The minimum absolute atomic E-state index is 0.0713. The number of ether oxygens (including phenoxy) is 1. The van der Waals surface area contributed by atoms with E-state index in [1.807, 2.05) is 25.1 Å². The topological polar surface area (TPSA) is 50.1 Å². The third kappa shape index (κ3) is 3.63. The minimum Gasteiger partial charge on any atom is -0.496 e. The van der Waals surface area contributed by atoms with Crippen molar-refractivity contribution in [3.63, 3.8) is 0 Å². The van der Waals surface area contributed by atoms with E-state index in [2.05, 4.69) is 15.9 Å². The molecule has 2 aromatic rings. The lowest BCUT2D eigenvalue weighted by Gasteiger charge is -2.06. The Morgan fingerprint density at radius 3 is 2.68 bits per heavy atom. The van der Waals surface area contributed by atoms with Crippen LogP contribution in [0.2, 0.25) is 0 Å². The number of Topliss-reactive ketones (excluding diaryl/α,β-unsaturated/α-hetero) is 1. The summed E-state index contributed by atoms with van der Waals surface area (Å²) >= 11 is 3.38. The van der Waals surface area contributed by atoms with Gasteiger partial charge in [-0.25, -0.2) is 0 Å². The number of hydrogen-bond donors (Lipinski definition) is 0. The smallest absolute Gasteiger partial charge is 0.203 e. The SMILES string of the molecule is COc1ccc(Br)cc1/C=C(\C#N)C(=O)c1cccc(C)c1. The van der Waals surface area contributed by atoms with Gasteiger partial charge in [0.1, 0.15) is 17.4 Å². The Morgan fingerprint density at radius 2 is 2.05 bits per heavy atom. The van der Waals surface area contributed by atoms with Crippen LogP contribution in [0.3, 0.4) is 0 Å². The van der Waals surface area contributed by atoms with Crippen LogP contribution in [0.1, 0.15) is 21.5 Å². The largest absolute Gasteiger partial charge is 0.496 e. The van der Waals surface area contributed by atoms with Crippen molar-refractivity contribution >= 4 is 27.8 Å². The van der Waals surface area contributed by atoms with Crippen LogP contribution in [-0.4, -0.2) is 12.9 Å². The molecule has 3 nitrogen and oxygen atoms in total. The lowest BCUT2D eigenvalue weighted by atomic mass is 10.0. The monoisotopic (exact) mass is 355 g/mol.